The van der Waals surface area contributed by atoms with Gasteiger partial charge in [0, 0.05) is 0 Å². The Balaban J connectivity index is 2.46. The van der Waals surface area contributed by atoms with Crippen molar-refractivity contribution < 1.29 is 9.84 Å². The third kappa shape index (κ3) is 4.87. The minimum atomic E-state index is -0.378. The van der Waals surface area contributed by atoms with Gasteiger partial charge in [0.15, 0.2) is 0 Å². The molecule has 0 radical (unpaired) electrons. The van der Waals surface area contributed by atoms with E-state index in [1.54, 1.807) is 0 Å². The van der Waals surface area contributed by atoms with Crippen LogP contribution in [0.3, 0.4) is 0 Å². The van der Waals surface area contributed by atoms with Crippen LogP contribution >= 0.6 is 0 Å². The lowest BCUT2D eigenvalue weighted by Gasteiger charge is -2.44. The second-order valence-corrected chi connectivity index (χ2v) is 7.11. The zero-order chi connectivity index (χ0) is 13.8. The first-order chi connectivity index (χ1) is 8.29. The molecule has 18 heavy (non-hydrogen) atoms. The van der Waals surface area contributed by atoms with Crippen molar-refractivity contribution in [2.24, 2.45) is 16.6 Å². The summed E-state index contributed by atoms with van der Waals surface area (Å²) >= 11 is 0. The van der Waals surface area contributed by atoms with Crippen LogP contribution in [-0.2, 0) is 4.74 Å². The number of aliphatic hydroxyl groups excluding tert-OH is 1. The fraction of sp³-hybridized carbons (Fsp3) is 1.00. The molecule has 1 fully saturated rings. The van der Waals surface area contributed by atoms with Gasteiger partial charge in [0.2, 0.25) is 0 Å². The summed E-state index contributed by atoms with van der Waals surface area (Å²) < 4.78 is 5.48. The van der Waals surface area contributed by atoms with Crippen molar-refractivity contribution >= 4 is 0 Å². The Bertz CT molecular complexity index is 241. The molecule has 108 valence electrons. The quantitative estimate of drug-likeness (QED) is 0.769. The molecule has 0 aromatic carbocycles. The SMILES string of the molecule is CC(C)OCC(O)CC1(CN)CCC(C)(C)CC1. The molecule has 3 N–H and O–H groups in total. The average molecular weight is 257 g/mol. The first-order valence-corrected chi connectivity index (χ1v) is 7.28. The van der Waals surface area contributed by atoms with Gasteiger partial charge in [-0.2, -0.15) is 0 Å². The molecule has 0 bridgehead atoms. The van der Waals surface area contributed by atoms with Gasteiger partial charge in [-0.1, -0.05) is 13.8 Å². The molecule has 0 heterocycles. The van der Waals surface area contributed by atoms with Crippen LogP contribution in [0.2, 0.25) is 0 Å². The highest BCUT2D eigenvalue weighted by Gasteiger charge is 2.38. The molecule has 0 saturated heterocycles. The molecule has 3 heteroatoms. The maximum Gasteiger partial charge on any atom is 0.0779 e. The molecule has 1 rings (SSSR count). The highest BCUT2D eigenvalue weighted by atomic mass is 16.5. The van der Waals surface area contributed by atoms with Crippen molar-refractivity contribution in [2.75, 3.05) is 13.2 Å². The summed E-state index contributed by atoms with van der Waals surface area (Å²) in [7, 11) is 0. The largest absolute Gasteiger partial charge is 0.391 e. The highest BCUT2D eigenvalue weighted by Crippen LogP contribution is 2.46. The molecule has 0 amide bonds. The fourth-order valence-electron chi connectivity index (χ4n) is 2.81. The molecular weight excluding hydrogens is 226 g/mol. The zero-order valence-corrected chi connectivity index (χ0v) is 12.5. The van der Waals surface area contributed by atoms with Crippen molar-refractivity contribution in [3.63, 3.8) is 0 Å². The lowest BCUT2D eigenvalue weighted by Crippen LogP contribution is -2.40. The zero-order valence-electron chi connectivity index (χ0n) is 12.5. The molecular formula is C15H31NO2. The van der Waals surface area contributed by atoms with Crippen molar-refractivity contribution in [3.05, 3.63) is 0 Å². The predicted octanol–water partition coefficient (Wildman–Crippen LogP) is 2.71. The summed E-state index contributed by atoms with van der Waals surface area (Å²) in [6.45, 7) is 9.76. The summed E-state index contributed by atoms with van der Waals surface area (Å²) in [6.07, 6.45) is 5.27. The molecule has 1 aliphatic carbocycles. The van der Waals surface area contributed by atoms with E-state index in [1.807, 2.05) is 13.8 Å². The standard InChI is InChI=1S/C15H31NO2/c1-12(2)18-10-13(17)9-15(11-16)7-5-14(3,4)6-8-15/h12-13,17H,5-11,16H2,1-4H3. The van der Waals surface area contributed by atoms with Gasteiger partial charge >= 0.3 is 0 Å². The maximum atomic E-state index is 10.1. The van der Waals surface area contributed by atoms with E-state index in [1.165, 1.54) is 12.8 Å². The Kier molecular flexibility index (Phi) is 5.63. The van der Waals surface area contributed by atoms with Crippen LogP contribution in [-0.4, -0.2) is 30.5 Å². The summed E-state index contributed by atoms with van der Waals surface area (Å²) in [5, 5.41) is 10.1. The van der Waals surface area contributed by atoms with Gasteiger partial charge in [0.25, 0.3) is 0 Å². The number of nitrogens with two attached hydrogens (primary N) is 1. The highest BCUT2D eigenvalue weighted by molar-refractivity contribution is 4.91. The number of hydrogen-bond acceptors (Lipinski definition) is 3. The smallest absolute Gasteiger partial charge is 0.0779 e. The topological polar surface area (TPSA) is 55.5 Å². The van der Waals surface area contributed by atoms with E-state index in [9.17, 15) is 5.11 Å². The van der Waals surface area contributed by atoms with E-state index in [0.29, 0.717) is 18.6 Å². The van der Waals surface area contributed by atoms with Crippen LogP contribution in [0.25, 0.3) is 0 Å². The molecule has 1 saturated carbocycles. The summed E-state index contributed by atoms with van der Waals surface area (Å²) in [5.74, 6) is 0. The molecule has 1 atom stereocenters. The number of rotatable bonds is 6. The second kappa shape index (κ2) is 6.36. The van der Waals surface area contributed by atoms with Crippen LogP contribution in [0, 0.1) is 10.8 Å². The number of hydrogen-bond donors (Lipinski definition) is 2. The fourth-order valence-corrected chi connectivity index (χ4v) is 2.81. The van der Waals surface area contributed by atoms with Gasteiger partial charge in [-0.15, -0.1) is 0 Å². The van der Waals surface area contributed by atoms with Gasteiger partial charge in [0.05, 0.1) is 18.8 Å². The van der Waals surface area contributed by atoms with E-state index < -0.39 is 0 Å². The maximum absolute atomic E-state index is 10.1. The van der Waals surface area contributed by atoms with Crippen molar-refractivity contribution in [2.45, 2.75) is 72.0 Å². The average Bonchev–Trinajstić information content (AvgIpc) is 2.30. The monoisotopic (exact) mass is 257 g/mol. The van der Waals surface area contributed by atoms with Crippen LogP contribution in [0.15, 0.2) is 0 Å². The molecule has 0 aliphatic heterocycles. The Labute approximate surface area is 112 Å². The van der Waals surface area contributed by atoms with Crippen molar-refractivity contribution in [1.29, 1.82) is 0 Å². The Morgan fingerprint density at radius 1 is 1.17 bits per heavy atom. The van der Waals surface area contributed by atoms with Gasteiger partial charge in [0.1, 0.15) is 0 Å². The van der Waals surface area contributed by atoms with E-state index in [2.05, 4.69) is 13.8 Å². The summed E-state index contributed by atoms with van der Waals surface area (Å²) in [6, 6.07) is 0. The Morgan fingerprint density at radius 2 is 1.72 bits per heavy atom. The van der Waals surface area contributed by atoms with Gasteiger partial charge < -0.3 is 15.6 Å². The minimum Gasteiger partial charge on any atom is -0.391 e. The van der Waals surface area contributed by atoms with Crippen molar-refractivity contribution in [3.8, 4) is 0 Å². The van der Waals surface area contributed by atoms with Crippen LogP contribution in [0.1, 0.15) is 59.8 Å². The number of aliphatic hydroxyl groups is 1. The molecule has 1 aliphatic rings. The molecule has 0 aromatic heterocycles. The van der Waals surface area contributed by atoms with Crippen molar-refractivity contribution in [1.82, 2.24) is 0 Å². The molecule has 0 aromatic rings. The first kappa shape index (κ1) is 15.9. The van der Waals surface area contributed by atoms with E-state index in [-0.39, 0.29) is 17.6 Å². The second-order valence-electron chi connectivity index (χ2n) is 7.11. The molecule has 1 unspecified atom stereocenters. The minimum absolute atomic E-state index is 0.134. The molecule has 3 nitrogen and oxygen atoms in total. The van der Waals surface area contributed by atoms with Crippen LogP contribution < -0.4 is 5.73 Å². The third-order valence-corrected chi connectivity index (χ3v) is 4.39. The van der Waals surface area contributed by atoms with Crippen LogP contribution in [0.4, 0.5) is 0 Å². The third-order valence-electron chi connectivity index (χ3n) is 4.39. The Hall–Kier alpha value is -0.120. The molecule has 0 spiro atoms. The van der Waals surface area contributed by atoms with E-state index in [0.717, 1.165) is 19.3 Å². The normalized spacial score (nSPS) is 24.2. The summed E-state index contributed by atoms with van der Waals surface area (Å²) in [5.41, 5.74) is 6.56. The van der Waals surface area contributed by atoms with Gasteiger partial charge in [-0.25, -0.2) is 0 Å². The van der Waals surface area contributed by atoms with Gasteiger partial charge in [-0.3, -0.25) is 0 Å². The summed E-state index contributed by atoms with van der Waals surface area (Å²) in [4.78, 5) is 0. The predicted molar refractivity (Wildman–Crippen MR) is 75.4 cm³/mol. The lowest BCUT2D eigenvalue weighted by molar-refractivity contribution is -0.0269. The lowest BCUT2D eigenvalue weighted by atomic mass is 9.63. The van der Waals surface area contributed by atoms with Crippen LogP contribution in [0.5, 0.6) is 0 Å². The first-order valence-electron chi connectivity index (χ1n) is 7.28. The Morgan fingerprint density at radius 3 is 2.17 bits per heavy atom. The van der Waals surface area contributed by atoms with Gasteiger partial charge in [-0.05, 0) is 63.3 Å². The number of ether oxygens (including phenoxy) is 1. The van der Waals surface area contributed by atoms with E-state index in [4.69, 9.17) is 10.5 Å². The van der Waals surface area contributed by atoms with E-state index >= 15 is 0 Å².